The average molecular weight is 565 g/mol. The number of benzene rings is 2. The molecule has 0 unspecified atom stereocenters. The molecule has 0 spiro atoms. The fourth-order valence-electron chi connectivity index (χ4n) is 2.55. The molecule has 27 heavy (non-hydrogen) atoms. The molecule has 0 heterocycles. The third kappa shape index (κ3) is 5.75. The zero-order chi connectivity index (χ0) is 20.0. The lowest BCUT2D eigenvalue weighted by Crippen LogP contribution is -2.32. The van der Waals surface area contributed by atoms with Crippen LogP contribution in [0.2, 0.25) is 0 Å². The van der Waals surface area contributed by atoms with Gasteiger partial charge in [0.15, 0.2) is 0 Å². The molecule has 0 aliphatic carbocycles. The van der Waals surface area contributed by atoms with Crippen LogP contribution in [0, 0.1) is 3.57 Å². The Morgan fingerprint density at radius 2 is 1.67 bits per heavy atom. The van der Waals surface area contributed by atoms with Crippen molar-refractivity contribution in [3.63, 3.8) is 0 Å². The highest BCUT2D eigenvalue weighted by molar-refractivity contribution is 14.1. The smallest absolute Gasteiger partial charge is 0.255 e. The van der Waals surface area contributed by atoms with E-state index in [9.17, 15) is 13.2 Å². The summed E-state index contributed by atoms with van der Waals surface area (Å²) in [6.07, 6.45) is 1.53. The first-order valence-electron chi connectivity index (χ1n) is 8.66. The number of sulfonamides is 1. The lowest BCUT2D eigenvalue weighted by atomic mass is 10.2. The molecule has 2 aromatic rings. The van der Waals surface area contributed by atoms with E-state index in [-0.39, 0.29) is 10.8 Å². The van der Waals surface area contributed by atoms with Gasteiger partial charge in [0.25, 0.3) is 5.91 Å². The van der Waals surface area contributed by atoms with Gasteiger partial charge >= 0.3 is 0 Å². The molecule has 0 radical (unpaired) electrons. The number of carbonyl (C=O) groups excluding carboxylic acids is 1. The van der Waals surface area contributed by atoms with Crippen LogP contribution < -0.4 is 5.32 Å². The Kier molecular flexibility index (Phi) is 8.26. The minimum Gasteiger partial charge on any atom is -0.322 e. The summed E-state index contributed by atoms with van der Waals surface area (Å²) in [6, 6.07) is 11.6. The van der Waals surface area contributed by atoms with E-state index in [1.165, 1.54) is 16.4 Å². The van der Waals surface area contributed by atoms with E-state index in [1.807, 2.05) is 19.9 Å². The number of halogens is 2. The molecule has 0 fully saturated rings. The third-order valence-electron chi connectivity index (χ3n) is 3.88. The zero-order valence-corrected chi connectivity index (χ0v) is 19.8. The molecule has 146 valence electrons. The van der Waals surface area contributed by atoms with E-state index in [4.69, 9.17) is 0 Å². The molecule has 2 rings (SSSR count). The van der Waals surface area contributed by atoms with Gasteiger partial charge in [0.05, 0.1) is 4.90 Å². The molecule has 0 saturated carbocycles. The summed E-state index contributed by atoms with van der Waals surface area (Å²) < 4.78 is 28.9. The largest absolute Gasteiger partial charge is 0.322 e. The summed E-state index contributed by atoms with van der Waals surface area (Å²) in [5.41, 5.74) is 1.09. The van der Waals surface area contributed by atoms with E-state index in [2.05, 4.69) is 43.8 Å². The van der Waals surface area contributed by atoms with Crippen LogP contribution in [0.5, 0.6) is 0 Å². The highest BCUT2D eigenvalue weighted by atomic mass is 127. The van der Waals surface area contributed by atoms with Crippen molar-refractivity contribution in [3.8, 4) is 0 Å². The van der Waals surface area contributed by atoms with E-state index in [1.54, 1.807) is 24.3 Å². The lowest BCUT2D eigenvalue weighted by molar-refractivity contribution is 0.102. The summed E-state index contributed by atoms with van der Waals surface area (Å²) in [6.45, 7) is 4.91. The molecular formula is C19H22BrIN2O3S. The normalized spacial score (nSPS) is 11.6. The summed E-state index contributed by atoms with van der Waals surface area (Å²) in [5.74, 6) is -0.241. The zero-order valence-electron chi connectivity index (χ0n) is 15.2. The maximum atomic E-state index is 12.8. The second-order valence-electron chi connectivity index (χ2n) is 6.01. The molecule has 1 N–H and O–H groups in total. The van der Waals surface area contributed by atoms with Crippen molar-refractivity contribution >= 4 is 60.1 Å². The minimum absolute atomic E-state index is 0.237. The number of nitrogens with zero attached hydrogens (tertiary/aromatic N) is 1. The molecular weight excluding hydrogens is 543 g/mol. The first-order chi connectivity index (χ1) is 12.8. The van der Waals surface area contributed by atoms with Crippen molar-refractivity contribution in [3.05, 3.63) is 56.1 Å². The maximum absolute atomic E-state index is 12.8. The number of rotatable bonds is 8. The van der Waals surface area contributed by atoms with Gasteiger partial charge in [-0.2, -0.15) is 4.31 Å². The molecule has 0 aliphatic heterocycles. The highest BCUT2D eigenvalue weighted by Crippen LogP contribution is 2.22. The van der Waals surface area contributed by atoms with Gasteiger partial charge in [-0.15, -0.1) is 0 Å². The Labute approximate surface area is 182 Å². The number of hydrogen-bond donors (Lipinski definition) is 1. The van der Waals surface area contributed by atoms with Crippen molar-refractivity contribution in [1.82, 2.24) is 4.31 Å². The van der Waals surface area contributed by atoms with Gasteiger partial charge in [-0.05, 0) is 93.8 Å². The van der Waals surface area contributed by atoms with Crippen LogP contribution in [-0.2, 0) is 10.0 Å². The number of amides is 1. The Morgan fingerprint density at radius 1 is 1.07 bits per heavy atom. The molecule has 8 heteroatoms. The Bertz CT molecular complexity index is 896. The van der Waals surface area contributed by atoms with Crippen LogP contribution in [-0.4, -0.2) is 31.7 Å². The Balaban J connectivity index is 2.16. The molecule has 1 amide bonds. The van der Waals surface area contributed by atoms with E-state index < -0.39 is 10.0 Å². The molecule has 0 bridgehead atoms. The van der Waals surface area contributed by atoms with Gasteiger partial charge < -0.3 is 5.32 Å². The molecule has 5 nitrogen and oxygen atoms in total. The number of nitrogens with one attached hydrogen (secondary N) is 1. The van der Waals surface area contributed by atoms with Crippen LogP contribution in [0.15, 0.2) is 51.8 Å². The van der Waals surface area contributed by atoms with E-state index in [0.717, 1.165) is 20.9 Å². The van der Waals surface area contributed by atoms with Gasteiger partial charge in [0.1, 0.15) is 0 Å². The van der Waals surface area contributed by atoms with Gasteiger partial charge in [0.2, 0.25) is 10.0 Å². The first-order valence-corrected chi connectivity index (χ1v) is 12.0. The van der Waals surface area contributed by atoms with Crippen LogP contribution in [0.3, 0.4) is 0 Å². The fourth-order valence-corrected chi connectivity index (χ4v) is 4.94. The SMILES string of the molecule is CCCN(CCC)S(=O)(=O)c1ccc(NC(=O)c2ccc(Br)c(I)c2)cc1. The number of carbonyl (C=O) groups is 1. The van der Waals surface area contributed by atoms with Gasteiger partial charge in [-0.3, -0.25) is 4.79 Å². The van der Waals surface area contributed by atoms with Gasteiger partial charge in [-0.1, -0.05) is 13.8 Å². The predicted molar refractivity (Wildman–Crippen MR) is 121 cm³/mol. The maximum Gasteiger partial charge on any atom is 0.255 e. The fraction of sp³-hybridized carbons (Fsp3) is 0.316. The monoisotopic (exact) mass is 564 g/mol. The minimum atomic E-state index is -3.52. The predicted octanol–water partition coefficient (Wildman–Crippen LogP) is 5.12. The van der Waals surface area contributed by atoms with Gasteiger partial charge in [-0.25, -0.2) is 8.42 Å². The summed E-state index contributed by atoms with van der Waals surface area (Å²) in [7, 11) is -3.52. The van der Waals surface area contributed by atoms with Crippen LogP contribution >= 0.6 is 38.5 Å². The second kappa shape index (κ2) is 9.99. The third-order valence-corrected chi connectivity index (χ3v) is 8.12. The molecule has 0 atom stereocenters. The summed E-state index contributed by atoms with van der Waals surface area (Å²) in [4.78, 5) is 12.6. The van der Waals surface area contributed by atoms with Crippen molar-refractivity contribution in [2.75, 3.05) is 18.4 Å². The van der Waals surface area contributed by atoms with Gasteiger partial charge in [0, 0.05) is 32.4 Å². The average Bonchev–Trinajstić information content (AvgIpc) is 2.64. The highest BCUT2D eigenvalue weighted by Gasteiger charge is 2.22. The standard InChI is InChI=1S/C19H22BrIN2O3S/c1-3-11-23(12-4-2)27(25,26)16-8-6-15(7-9-16)22-19(24)14-5-10-17(20)18(21)13-14/h5-10,13H,3-4,11-12H2,1-2H3,(H,22,24). The topological polar surface area (TPSA) is 66.5 Å². The quantitative estimate of drug-likeness (QED) is 0.453. The molecule has 0 aromatic heterocycles. The van der Waals surface area contributed by atoms with Crippen LogP contribution in [0.1, 0.15) is 37.0 Å². The second-order valence-corrected chi connectivity index (χ2v) is 9.97. The molecule has 0 saturated heterocycles. The Hall–Kier alpha value is -0.970. The van der Waals surface area contributed by atoms with Crippen LogP contribution in [0.4, 0.5) is 5.69 Å². The van der Waals surface area contributed by atoms with E-state index in [0.29, 0.717) is 24.3 Å². The summed E-state index contributed by atoms with van der Waals surface area (Å²) >= 11 is 5.55. The van der Waals surface area contributed by atoms with Crippen molar-refractivity contribution in [2.45, 2.75) is 31.6 Å². The summed E-state index contributed by atoms with van der Waals surface area (Å²) in [5, 5.41) is 2.80. The van der Waals surface area contributed by atoms with Crippen molar-refractivity contribution in [2.24, 2.45) is 0 Å². The first kappa shape index (κ1) is 22.3. The molecule has 2 aromatic carbocycles. The molecule has 0 aliphatic rings. The lowest BCUT2D eigenvalue weighted by Gasteiger charge is -2.21. The Morgan fingerprint density at radius 3 is 2.19 bits per heavy atom. The number of anilines is 1. The van der Waals surface area contributed by atoms with Crippen molar-refractivity contribution < 1.29 is 13.2 Å². The van der Waals surface area contributed by atoms with E-state index >= 15 is 0 Å². The number of hydrogen-bond acceptors (Lipinski definition) is 3. The van der Waals surface area contributed by atoms with Crippen molar-refractivity contribution in [1.29, 1.82) is 0 Å². The van der Waals surface area contributed by atoms with Crippen LogP contribution in [0.25, 0.3) is 0 Å².